The number of esters is 1. The Balaban J connectivity index is 1.25. The van der Waals surface area contributed by atoms with Crippen LogP contribution in [-0.4, -0.2) is 84.1 Å². The quantitative estimate of drug-likeness (QED) is 0.189. The van der Waals surface area contributed by atoms with Gasteiger partial charge in [0.05, 0.1) is 36.7 Å². The fraction of sp³-hybridized carbons (Fsp3) is 0.323. The first kappa shape index (κ1) is 31.3. The van der Waals surface area contributed by atoms with Gasteiger partial charge in [0.25, 0.3) is 5.91 Å². The molecule has 0 radical (unpaired) electrons. The number of hydrogen-bond acceptors (Lipinski definition) is 9. The van der Waals surface area contributed by atoms with E-state index in [1.807, 2.05) is 42.5 Å². The smallest absolute Gasteiger partial charge is 0.490 e. The van der Waals surface area contributed by atoms with Crippen LogP contribution in [0.15, 0.2) is 67.1 Å². The van der Waals surface area contributed by atoms with E-state index in [-0.39, 0.29) is 18.9 Å². The zero-order valence-corrected chi connectivity index (χ0v) is 24.2. The zero-order valence-electron chi connectivity index (χ0n) is 24.2. The van der Waals surface area contributed by atoms with Gasteiger partial charge in [-0.3, -0.25) is 4.79 Å². The predicted molar refractivity (Wildman–Crippen MR) is 155 cm³/mol. The largest absolute Gasteiger partial charge is 0.492 e. The number of pyridine rings is 2. The Kier molecular flexibility index (Phi) is 9.48. The first-order valence-electron chi connectivity index (χ1n) is 14.1. The van der Waals surface area contributed by atoms with Crippen molar-refractivity contribution in [1.82, 2.24) is 19.5 Å². The molecule has 0 spiro atoms. The van der Waals surface area contributed by atoms with Gasteiger partial charge in [0, 0.05) is 57.0 Å². The molecule has 0 unspecified atom stereocenters. The van der Waals surface area contributed by atoms with Crippen molar-refractivity contribution < 1.29 is 37.0 Å². The van der Waals surface area contributed by atoms with Crippen molar-refractivity contribution in [2.24, 2.45) is 0 Å². The number of benzene rings is 1. The minimum atomic E-state index is -5.05. The average molecular weight is 623 g/mol. The van der Waals surface area contributed by atoms with E-state index in [1.54, 1.807) is 23.4 Å². The molecule has 1 aliphatic heterocycles. The summed E-state index contributed by atoms with van der Waals surface area (Å²) in [6.07, 6.45) is -1.03. The van der Waals surface area contributed by atoms with Gasteiger partial charge in [-0.2, -0.15) is 23.5 Å². The lowest BCUT2D eigenvalue weighted by atomic mass is 10.1. The lowest BCUT2D eigenvalue weighted by molar-refractivity contribution is -0.199. The van der Waals surface area contributed by atoms with Crippen molar-refractivity contribution in [3.05, 3.63) is 78.2 Å². The van der Waals surface area contributed by atoms with E-state index in [1.165, 1.54) is 17.8 Å². The summed E-state index contributed by atoms with van der Waals surface area (Å²) in [7, 11) is 1.53. The second-order valence-electron chi connectivity index (χ2n) is 10.1. The highest BCUT2D eigenvalue weighted by Gasteiger charge is 2.40. The van der Waals surface area contributed by atoms with E-state index in [4.69, 9.17) is 9.47 Å². The highest BCUT2D eigenvalue weighted by molar-refractivity contribution is 5.85. The van der Waals surface area contributed by atoms with Gasteiger partial charge >= 0.3 is 12.1 Å². The van der Waals surface area contributed by atoms with Crippen LogP contribution in [0.1, 0.15) is 23.7 Å². The van der Waals surface area contributed by atoms with Crippen LogP contribution in [0.25, 0.3) is 16.6 Å². The molecule has 1 fully saturated rings. The summed E-state index contributed by atoms with van der Waals surface area (Å²) in [5.41, 5.74) is 2.98. The van der Waals surface area contributed by atoms with Gasteiger partial charge in [-0.1, -0.05) is 30.3 Å². The van der Waals surface area contributed by atoms with Gasteiger partial charge in [0.15, 0.2) is 6.10 Å². The highest BCUT2D eigenvalue weighted by atomic mass is 19.4. The van der Waals surface area contributed by atoms with E-state index in [0.29, 0.717) is 54.1 Å². The van der Waals surface area contributed by atoms with Crippen LogP contribution in [0.3, 0.4) is 0 Å². The zero-order chi connectivity index (χ0) is 32.0. The molecule has 3 aromatic heterocycles. The SMILES string of the molecule is CO[C@H](C(=O)N1CCN(c2ccc(-c3cc(OCCCOC(=O)C(F)(F)F)cn4ncc(C#N)c34)cn2)CC1)c1ccccc1. The second-order valence-corrected chi connectivity index (χ2v) is 10.1. The number of carbonyl (C=O) groups is 2. The fourth-order valence-electron chi connectivity index (χ4n) is 5.03. The Hall–Kier alpha value is -5.16. The standard InChI is InChI=1S/C31H29F3N6O5/c1-43-28(21-6-3-2-4-7-21)29(41)39-12-10-38(11-13-39)26-9-8-22(18-36-26)25-16-24(20-40-27(25)23(17-35)19-37-40)44-14-5-15-45-30(42)31(32,33)34/h2-4,6-9,16,18-20,28H,5,10-15H2,1H3/t28-/m0/s1. The number of rotatable bonds is 10. The first-order valence-corrected chi connectivity index (χ1v) is 14.1. The number of carbonyl (C=O) groups excluding carboxylic acids is 2. The number of fused-ring (bicyclic) bond motifs is 1. The number of hydrogen-bond donors (Lipinski definition) is 0. The fourth-order valence-corrected chi connectivity index (χ4v) is 5.03. The van der Waals surface area contributed by atoms with E-state index < -0.39 is 24.9 Å². The number of amides is 1. The van der Waals surface area contributed by atoms with E-state index in [2.05, 4.69) is 25.8 Å². The summed E-state index contributed by atoms with van der Waals surface area (Å²) < 4.78 is 53.8. The summed E-state index contributed by atoms with van der Waals surface area (Å²) in [4.78, 5) is 32.6. The normalized spacial score (nSPS) is 14.2. The molecule has 1 aliphatic rings. The third-order valence-electron chi connectivity index (χ3n) is 7.27. The molecule has 1 amide bonds. The molecule has 0 saturated carbocycles. The maximum absolute atomic E-state index is 13.2. The third kappa shape index (κ3) is 7.15. The molecule has 0 N–H and O–H groups in total. The van der Waals surface area contributed by atoms with Gasteiger partial charge in [-0.25, -0.2) is 14.3 Å². The number of piperazine rings is 1. The lowest BCUT2D eigenvalue weighted by Gasteiger charge is -2.36. The molecule has 1 aromatic carbocycles. The van der Waals surface area contributed by atoms with Crippen molar-refractivity contribution in [2.45, 2.75) is 18.7 Å². The number of aromatic nitrogens is 3. The molecule has 4 aromatic rings. The molecule has 0 aliphatic carbocycles. The Morgan fingerprint density at radius 3 is 2.44 bits per heavy atom. The maximum atomic E-state index is 13.2. The van der Waals surface area contributed by atoms with Crippen LogP contribution in [0.4, 0.5) is 19.0 Å². The van der Waals surface area contributed by atoms with Gasteiger partial charge in [0.2, 0.25) is 0 Å². The summed E-state index contributed by atoms with van der Waals surface area (Å²) in [6.45, 7) is 1.69. The molecule has 14 heteroatoms. The Bertz CT molecular complexity index is 1680. The average Bonchev–Trinajstić information content (AvgIpc) is 3.48. The number of alkyl halides is 3. The van der Waals surface area contributed by atoms with Crippen molar-refractivity contribution in [3.8, 4) is 22.9 Å². The molecule has 5 rings (SSSR count). The van der Waals surface area contributed by atoms with Crippen LogP contribution in [0.5, 0.6) is 5.75 Å². The van der Waals surface area contributed by atoms with Gasteiger partial charge in [-0.05, 0) is 23.8 Å². The highest BCUT2D eigenvalue weighted by Crippen LogP contribution is 2.32. The predicted octanol–water partition coefficient (Wildman–Crippen LogP) is 4.18. The molecule has 45 heavy (non-hydrogen) atoms. The molecule has 234 valence electrons. The van der Waals surface area contributed by atoms with E-state index in [9.17, 15) is 28.0 Å². The first-order chi connectivity index (χ1) is 21.7. The monoisotopic (exact) mass is 622 g/mol. The van der Waals surface area contributed by atoms with Crippen molar-refractivity contribution in [3.63, 3.8) is 0 Å². The number of nitrogens with zero attached hydrogens (tertiary/aromatic N) is 6. The molecule has 1 saturated heterocycles. The number of nitriles is 1. The van der Waals surface area contributed by atoms with Crippen molar-refractivity contribution >= 4 is 23.2 Å². The maximum Gasteiger partial charge on any atom is 0.490 e. The number of methoxy groups -OCH3 is 1. The number of anilines is 1. The second kappa shape index (κ2) is 13.6. The number of ether oxygens (including phenoxy) is 3. The van der Waals surface area contributed by atoms with Crippen LogP contribution in [-0.2, 0) is 19.1 Å². The van der Waals surface area contributed by atoms with Crippen LogP contribution >= 0.6 is 0 Å². The van der Waals surface area contributed by atoms with E-state index >= 15 is 0 Å². The van der Waals surface area contributed by atoms with Gasteiger partial charge < -0.3 is 24.0 Å². The lowest BCUT2D eigenvalue weighted by Crippen LogP contribution is -2.50. The molecule has 11 nitrogen and oxygen atoms in total. The van der Waals surface area contributed by atoms with Crippen LogP contribution < -0.4 is 9.64 Å². The Morgan fingerprint density at radius 2 is 1.80 bits per heavy atom. The Labute approximate surface area is 256 Å². The minimum Gasteiger partial charge on any atom is -0.492 e. The van der Waals surface area contributed by atoms with Crippen molar-refractivity contribution in [2.75, 3.05) is 51.4 Å². The molecule has 4 heterocycles. The summed E-state index contributed by atoms with van der Waals surface area (Å²) in [5, 5.41) is 13.9. The third-order valence-corrected chi connectivity index (χ3v) is 7.27. The van der Waals surface area contributed by atoms with Crippen LogP contribution in [0, 0.1) is 11.3 Å². The Morgan fingerprint density at radius 1 is 1.04 bits per heavy atom. The molecular weight excluding hydrogens is 593 g/mol. The minimum absolute atomic E-state index is 0.0232. The topological polar surface area (TPSA) is 122 Å². The van der Waals surface area contributed by atoms with Gasteiger partial charge in [0.1, 0.15) is 17.6 Å². The summed E-state index contributed by atoms with van der Waals surface area (Å²) >= 11 is 0. The molecule has 0 bridgehead atoms. The van der Waals surface area contributed by atoms with Gasteiger partial charge in [-0.15, -0.1) is 0 Å². The summed E-state index contributed by atoms with van der Waals surface area (Å²) in [5.74, 6) is -1.26. The van der Waals surface area contributed by atoms with E-state index in [0.717, 1.165) is 11.4 Å². The number of halogens is 3. The van der Waals surface area contributed by atoms with Crippen LogP contribution in [0.2, 0.25) is 0 Å². The molecular formula is C31H29F3N6O5. The molecule has 1 atom stereocenters. The summed E-state index contributed by atoms with van der Waals surface area (Å²) in [6, 6.07) is 16.9. The van der Waals surface area contributed by atoms with Crippen molar-refractivity contribution in [1.29, 1.82) is 5.26 Å².